The van der Waals surface area contributed by atoms with Crippen molar-refractivity contribution in [2.75, 3.05) is 6.54 Å². The van der Waals surface area contributed by atoms with Gasteiger partial charge in [-0.2, -0.15) is 5.10 Å². The van der Waals surface area contributed by atoms with Crippen molar-refractivity contribution in [1.82, 2.24) is 9.78 Å². The lowest BCUT2D eigenvalue weighted by atomic mass is 10.1. The second kappa shape index (κ2) is 5.19. The fourth-order valence-corrected chi connectivity index (χ4v) is 2.63. The minimum atomic E-state index is 0.328. The summed E-state index contributed by atoms with van der Waals surface area (Å²) in [5.41, 5.74) is 9.29. The molecule has 0 aromatic carbocycles. The zero-order chi connectivity index (χ0) is 12.4. The Hall–Kier alpha value is -0.870. The molecule has 1 aliphatic heterocycles. The Morgan fingerprint density at radius 1 is 1.41 bits per heavy atom. The number of ether oxygens (including phenoxy) is 1. The summed E-state index contributed by atoms with van der Waals surface area (Å²) >= 11 is 0. The van der Waals surface area contributed by atoms with Crippen molar-refractivity contribution in [3.05, 3.63) is 17.0 Å². The average Bonchev–Trinajstić information content (AvgIpc) is 2.79. The molecule has 0 bridgehead atoms. The van der Waals surface area contributed by atoms with Crippen molar-refractivity contribution in [1.29, 1.82) is 0 Å². The molecule has 4 nitrogen and oxygen atoms in total. The van der Waals surface area contributed by atoms with E-state index >= 15 is 0 Å². The van der Waals surface area contributed by atoms with Crippen LogP contribution in [-0.2, 0) is 17.7 Å². The molecule has 2 N–H and O–H groups in total. The van der Waals surface area contributed by atoms with Crippen LogP contribution >= 0.6 is 0 Å². The Bertz CT molecular complexity index is 386. The van der Waals surface area contributed by atoms with Gasteiger partial charge in [0.25, 0.3) is 0 Å². The lowest BCUT2D eigenvalue weighted by Gasteiger charge is -2.12. The van der Waals surface area contributed by atoms with Crippen LogP contribution in [0.15, 0.2) is 0 Å². The molecule has 2 heterocycles. The molecule has 2 atom stereocenters. The Morgan fingerprint density at radius 3 is 2.76 bits per heavy atom. The smallest absolute Gasteiger partial charge is 0.0775 e. The third-order valence-corrected chi connectivity index (χ3v) is 3.62. The average molecular weight is 237 g/mol. The second-order valence-corrected chi connectivity index (χ2v) is 5.02. The second-order valence-electron chi connectivity index (χ2n) is 5.02. The summed E-state index contributed by atoms with van der Waals surface area (Å²) in [6.07, 6.45) is 3.96. The summed E-state index contributed by atoms with van der Waals surface area (Å²) in [6.45, 7) is 7.89. The van der Waals surface area contributed by atoms with Gasteiger partial charge < -0.3 is 10.5 Å². The number of aryl methyl sites for hydroxylation is 1. The fourth-order valence-electron chi connectivity index (χ4n) is 2.63. The van der Waals surface area contributed by atoms with E-state index in [-0.39, 0.29) is 0 Å². The highest BCUT2D eigenvalue weighted by atomic mass is 16.5. The summed E-state index contributed by atoms with van der Waals surface area (Å²) in [5.74, 6) is 0. The summed E-state index contributed by atoms with van der Waals surface area (Å²) < 4.78 is 7.93. The third kappa shape index (κ3) is 2.69. The van der Waals surface area contributed by atoms with E-state index in [4.69, 9.17) is 10.5 Å². The first-order valence-corrected chi connectivity index (χ1v) is 6.50. The van der Waals surface area contributed by atoms with Crippen molar-refractivity contribution in [3.8, 4) is 0 Å². The molecule has 96 valence electrons. The number of rotatable bonds is 4. The fraction of sp³-hybridized carbons (Fsp3) is 0.769. The SMILES string of the molecule is Cc1nn(CC2CCC(C)O2)c(C)c1CCN. The molecule has 0 aliphatic carbocycles. The van der Waals surface area contributed by atoms with Crippen LogP contribution in [0.5, 0.6) is 0 Å². The van der Waals surface area contributed by atoms with Gasteiger partial charge in [0.05, 0.1) is 24.4 Å². The maximum Gasteiger partial charge on any atom is 0.0775 e. The van der Waals surface area contributed by atoms with E-state index in [1.807, 2.05) is 0 Å². The number of nitrogens with two attached hydrogens (primary N) is 1. The number of hydrogen-bond donors (Lipinski definition) is 1. The Kier molecular flexibility index (Phi) is 3.84. The molecular formula is C13H23N3O. The van der Waals surface area contributed by atoms with Crippen LogP contribution in [-0.4, -0.2) is 28.5 Å². The van der Waals surface area contributed by atoms with Crippen LogP contribution in [0, 0.1) is 13.8 Å². The van der Waals surface area contributed by atoms with E-state index in [0.717, 1.165) is 25.1 Å². The van der Waals surface area contributed by atoms with E-state index in [9.17, 15) is 0 Å². The highest BCUT2D eigenvalue weighted by Gasteiger charge is 2.23. The highest BCUT2D eigenvalue weighted by molar-refractivity contribution is 5.24. The van der Waals surface area contributed by atoms with Crippen LogP contribution < -0.4 is 5.73 Å². The molecule has 0 saturated carbocycles. The van der Waals surface area contributed by atoms with Crippen LogP contribution in [0.1, 0.15) is 36.7 Å². The summed E-state index contributed by atoms with van der Waals surface area (Å²) in [4.78, 5) is 0. The predicted octanol–water partition coefficient (Wildman–Crippen LogP) is 1.57. The van der Waals surface area contributed by atoms with Crippen LogP contribution in [0.25, 0.3) is 0 Å². The van der Waals surface area contributed by atoms with Gasteiger partial charge >= 0.3 is 0 Å². The zero-order valence-electron chi connectivity index (χ0n) is 11.1. The lowest BCUT2D eigenvalue weighted by Crippen LogP contribution is -2.18. The molecule has 0 amide bonds. The molecule has 17 heavy (non-hydrogen) atoms. The standard InChI is InChI=1S/C13H23N3O/c1-9-4-5-12(17-9)8-16-11(3)13(6-7-14)10(2)15-16/h9,12H,4-8,14H2,1-3H3. The first kappa shape index (κ1) is 12.6. The normalized spacial score (nSPS) is 24.5. The molecule has 1 aliphatic rings. The molecule has 4 heteroatoms. The van der Waals surface area contributed by atoms with Crippen LogP contribution in [0.2, 0.25) is 0 Å². The van der Waals surface area contributed by atoms with Crippen LogP contribution in [0.3, 0.4) is 0 Å². The summed E-state index contributed by atoms with van der Waals surface area (Å²) in [7, 11) is 0. The maximum absolute atomic E-state index is 5.84. The van der Waals surface area contributed by atoms with E-state index < -0.39 is 0 Å². The van der Waals surface area contributed by atoms with Gasteiger partial charge in [-0.15, -0.1) is 0 Å². The van der Waals surface area contributed by atoms with Crippen LogP contribution in [0.4, 0.5) is 0 Å². The number of aromatic nitrogens is 2. The van der Waals surface area contributed by atoms with Gasteiger partial charge in [0.2, 0.25) is 0 Å². The minimum Gasteiger partial charge on any atom is -0.373 e. The first-order valence-electron chi connectivity index (χ1n) is 6.50. The van der Waals surface area contributed by atoms with E-state index in [2.05, 4.69) is 30.6 Å². The molecule has 1 aromatic heterocycles. The Balaban J connectivity index is 2.08. The van der Waals surface area contributed by atoms with Crippen molar-refractivity contribution < 1.29 is 4.74 Å². The van der Waals surface area contributed by atoms with E-state index in [1.54, 1.807) is 0 Å². The van der Waals surface area contributed by atoms with Gasteiger partial charge in [-0.05, 0) is 52.1 Å². The van der Waals surface area contributed by atoms with Crippen molar-refractivity contribution in [2.24, 2.45) is 5.73 Å². The summed E-state index contributed by atoms with van der Waals surface area (Å²) in [6, 6.07) is 0. The molecule has 2 unspecified atom stereocenters. The molecule has 1 aromatic rings. The number of nitrogens with zero attached hydrogens (tertiary/aromatic N) is 2. The van der Waals surface area contributed by atoms with Gasteiger partial charge in [0, 0.05) is 5.69 Å². The predicted molar refractivity (Wildman–Crippen MR) is 68.0 cm³/mol. The lowest BCUT2D eigenvalue weighted by molar-refractivity contribution is 0.0433. The van der Waals surface area contributed by atoms with Gasteiger partial charge in [-0.1, -0.05) is 0 Å². The molecular weight excluding hydrogens is 214 g/mol. The van der Waals surface area contributed by atoms with Crippen molar-refractivity contribution in [2.45, 2.75) is 58.8 Å². The molecule has 1 fully saturated rings. The zero-order valence-corrected chi connectivity index (χ0v) is 11.1. The number of hydrogen-bond acceptors (Lipinski definition) is 3. The monoisotopic (exact) mass is 237 g/mol. The van der Waals surface area contributed by atoms with E-state index in [1.165, 1.54) is 17.7 Å². The molecule has 0 spiro atoms. The summed E-state index contributed by atoms with van der Waals surface area (Å²) in [5, 5.41) is 4.60. The third-order valence-electron chi connectivity index (χ3n) is 3.62. The largest absolute Gasteiger partial charge is 0.373 e. The first-order chi connectivity index (χ1) is 8.11. The topological polar surface area (TPSA) is 53.1 Å². The van der Waals surface area contributed by atoms with Gasteiger partial charge in [0.1, 0.15) is 0 Å². The maximum atomic E-state index is 5.84. The minimum absolute atomic E-state index is 0.328. The molecule has 0 radical (unpaired) electrons. The molecule has 1 saturated heterocycles. The van der Waals surface area contributed by atoms with E-state index in [0.29, 0.717) is 18.8 Å². The molecule has 2 rings (SSSR count). The van der Waals surface area contributed by atoms with Gasteiger partial charge in [-0.3, -0.25) is 4.68 Å². The van der Waals surface area contributed by atoms with Gasteiger partial charge in [0.15, 0.2) is 0 Å². The highest BCUT2D eigenvalue weighted by Crippen LogP contribution is 2.22. The van der Waals surface area contributed by atoms with Gasteiger partial charge in [-0.25, -0.2) is 0 Å². The quantitative estimate of drug-likeness (QED) is 0.864. The van der Waals surface area contributed by atoms with Crippen molar-refractivity contribution in [3.63, 3.8) is 0 Å². The Labute approximate surface area is 103 Å². The Morgan fingerprint density at radius 2 is 2.18 bits per heavy atom. The van der Waals surface area contributed by atoms with Crippen molar-refractivity contribution >= 4 is 0 Å².